The van der Waals surface area contributed by atoms with Gasteiger partial charge in [0.15, 0.2) is 0 Å². The molecule has 10 heavy (non-hydrogen) atoms. The molecule has 1 aliphatic heterocycles. The lowest BCUT2D eigenvalue weighted by atomic mass is 10.3. The number of nitrogens with zero attached hydrogens (tertiary/aromatic N) is 1. The van der Waals surface area contributed by atoms with Gasteiger partial charge in [-0.2, -0.15) is 0 Å². The van der Waals surface area contributed by atoms with E-state index in [9.17, 15) is 0 Å². The highest BCUT2D eigenvalue weighted by Crippen LogP contribution is 2.07. The molecule has 0 aliphatic carbocycles. The Bertz CT molecular complexity index is 127. The average molecular weight is 162 g/mol. The lowest BCUT2D eigenvalue weighted by molar-refractivity contribution is 0.179. The van der Waals surface area contributed by atoms with Crippen LogP contribution in [0.15, 0.2) is 11.6 Å². The molecule has 0 aromatic heterocycles. The van der Waals surface area contributed by atoms with Crippen molar-refractivity contribution in [1.82, 2.24) is 4.90 Å². The summed E-state index contributed by atoms with van der Waals surface area (Å²) in [6, 6.07) is 0. The van der Waals surface area contributed by atoms with Crippen molar-refractivity contribution in [2.24, 2.45) is 0 Å². The Kier molecular flexibility index (Phi) is 3.19. The predicted molar refractivity (Wildman–Crippen MR) is 42.1 cm³/mol. The molecule has 0 radical (unpaired) electrons. The third kappa shape index (κ3) is 2.29. The Balaban J connectivity index is 2.18. The maximum absolute atomic E-state index is 9.10. The van der Waals surface area contributed by atoms with Crippen LogP contribution < -0.4 is 0 Å². The number of aliphatic hydroxyl groups excluding tert-OH is 1. The number of aliphatic hydroxyl groups is 1. The minimum atomic E-state index is -0.122. The number of β-amino-alcohol motifs (C(OH)–C–C–N with tert-alkyl or cyclic N) is 1. The number of likely N-dealkylation sites (tertiary alicyclic amines) is 1. The van der Waals surface area contributed by atoms with Gasteiger partial charge in [0.2, 0.25) is 0 Å². The summed E-state index contributed by atoms with van der Waals surface area (Å²) in [6.07, 6.45) is 2.67. The number of rotatable bonds is 2. The lowest BCUT2D eigenvalue weighted by Crippen LogP contribution is -2.21. The summed E-state index contributed by atoms with van der Waals surface area (Å²) >= 11 is 5.35. The zero-order chi connectivity index (χ0) is 7.40. The highest BCUT2D eigenvalue weighted by atomic mass is 35.5. The van der Waals surface area contributed by atoms with Crippen molar-refractivity contribution in [1.29, 1.82) is 0 Å². The van der Waals surface area contributed by atoms with Crippen LogP contribution in [0.2, 0.25) is 0 Å². The standard InChI is InChI=1S/C7H12ClNO/c8-3-1-4-9-5-2-7(10)6-9/h1,3,7,10H,2,4-6H2/t7-/m0/s1. The van der Waals surface area contributed by atoms with Crippen molar-refractivity contribution >= 4 is 11.6 Å². The van der Waals surface area contributed by atoms with Crippen LogP contribution in [0.4, 0.5) is 0 Å². The molecule has 0 unspecified atom stereocenters. The molecule has 0 bridgehead atoms. The first-order valence-electron chi connectivity index (χ1n) is 3.48. The van der Waals surface area contributed by atoms with Crippen LogP contribution in [0.3, 0.4) is 0 Å². The van der Waals surface area contributed by atoms with Crippen LogP contribution in [0.25, 0.3) is 0 Å². The second-order valence-corrected chi connectivity index (χ2v) is 2.82. The SMILES string of the molecule is O[C@H]1CCN(CC=CCl)C1. The molecule has 0 spiro atoms. The van der Waals surface area contributed by atoms with E-state index in [0.717, 1.165) is 26.1 Å². The number of halogens is 1. The highest BCUT2D eigenvalue weighted by molar-refractivity contribution is 6.25. The Labute approximate surface area is 66.1 Å². The third-order valence-electron chi connectivity index (χ3n) is 1.70. The first kappa shape index (κ1) is 8.05. The van der Waals surface area contributed by atoms with E-state index in [1.54, 1.807) is 0 Å². The van der Waals surface area contributed by atoms with Crippen molar-refractivity contribution in [2.45, 2.75) is 12.5 Å². The smallest absolute Gasteiger partial charge is 0.0679 e. The Morgan fingerprint density at radius 1 is 1.70 bits per heavy atom. The first-order chi connectivity index (χ1) is 4.83. The zero-order valence-electron chi connectivity index (χ0n) is 5.83. The molecule has 0 amide bonds. The summed E-state index contributed by atoms with van der Waals surface area (Å²) in [4.78, 5) is 2.17. The quantitative estimate of drug-likeness (QED) is 0.648. The van der Waals surface area contributed by atoms with Gasteiger partial charge in [0, 0.05) is 25.2 Å². The van der Waals surface area contributed by atoms with Crippen LogP contribution in [-0.4, -0.2) is 35.7 Å². The van der Waals surface area contributed by atoms with E-state index in [1.165, 1.54) is 5.54 Å². The highest BCUT2D eigenvalue weighted by Gasteiger charge is 2.18. The van der Waals surface area contributed by atoms with Gasteiger partial charge < -0.3 is 5.11 Å². The fraction of sp³-hybridized carbons (Fsp3) is 0.714. The van der Waals surface area contributed by atoms with E-state index in [1.807, 2.05) is 6.08 Å². The Hall–Kier alpha value is -0.0500. The van der Waals surface area contributed by atoms with Crippen molar-refractivity contribution in [3.05, 3.63) is 11.6 Å². The molecule has 2 nitrogen and oxygen atoms in total. The van der Waals surface area contributed by atoms with E-state index in [2.05, 4.69) is 4.90 Å². The third-order valence-corrected chi connectivity index (χ3v) is 1.88. The van der Waals surface area contributed by atoms with Gasteiger partial charge >= 0.3 is 0 Å². The summed E-state index contributed by atoms with van der Waals surface area (Å²) in [6.45, 7) is 2.64. The van der Waals surface area contributed by atoms with Gasteiger partial charge in [-0.15, -0.1) is 0 Å². The Morgan fingerprint density at radius 3 is 3.00 bits per heavy atom. The molecule has 1 rings (SSSR count). The molecule has 1 fully saturated rings. The van der Waals surface area contributed by atoms with Crippen LogP contribution >= 0.6 is 11.6 Å². The number of hydrogen-bond donors (Lipinski definition) is 1. The maximum Gasteiger partial charge on any atom is 0.0679 e. The van der Waals surface area contributed by atoms with Crippen LogP contribution in [0, 0.1) is 0 Å². The summed E-state index contributed by atoms with van der Waals surface area (Å²) in [5.41, 5.74) is 1.52. The second kappa shape index (κ2) is 3.96. The minimum Gasteiger partial charge on any atom is -0.392 e. The van der Waals surface area contributed by atoms with E-state index in [-0.39, 0.29) is 6.10 Å². The van der Waals surface area contributed by atoms with Crippen LogP contribution in [0.1, 0.15) is 6.42 Å². The van der Waals surface area contributed by atoms with Crippen LogP contribution in [-0.2, 0) is 0 Å². The molecule has 1 heterocycles. The van der Waals surface area contributed by atoms with Crippen molar-refractivity contribution in [3.63, 3.8) is 0 Å². The minimum absolute atomic E-state index is 0.122. The molecular weight excluding hydrogens is 150 g/mol. The molecule has 1 aliphatic rings. The normalized spacial score (nSPS) is 28.4. The average Bonchev–Trinajstić information content (AvgIpc) is 2.31. The first-order valence-corrected chi connectivity index (χ1v) is 3.92. The fourth-order valence-corrected chi connectivity index (χ4v) is 1.25. The summed E-state index contributed by atoms with van der Waals surface area (Å²) in [7, 11) is 0. The van der Waals surface area contributed by atoms with Gasteiger partial charge in [0.25, 0.3) is 0 Å². The molecule has 0 saturated carbocycles. The van der Waals surface area contributed by atoms with E-state index in [0.29, 0.717) is 0 Å². The summed E-state index contributed by atoms with van der Waals surface area (Å²) < 4.78 is 0. The van der Waals surface area contributed by atoms with Gasteiger partial charge in [-0.25, -0.2) is 0 Å². The molecule has 1 atom stereocenters. The lowest BCUT2D eigenvalue weighted by Gasteiger charge is -2.10. The molecule has 3 heteroatoms. The molecule has 1 N–H and O–H groups in total. The fourth-order valence-electron chi connectivity index (χ4n) is 1.17. The zero-order valence-corrected chi connectivity index (χ0v) is 6.59. The van der Waals surface area contributed by atoms with Gasteiger partial charge in [0.1, 0.15) is 0 Å². The molecule has 0 aromatic carbocycles. The molecule has 58 valence electrons. The predicted octanol–water partition coefficient (Wildman–Crippen LogP) is 0.806. The topological polar surface area (TPSA) is 23.5 Å². The Morgan fingerprint density at radius 2 is 2.50 bits per heavy atom. The van der Waals surface area contributed by atoms with Gasteiger partial charge in [-0.05, 0) is 6.42 Å². The summed E-state index contributed by atoms with van der Waals surface area (Å²) in [5, 5.41) is 9.10. The molecular formula is C7H12ClNO. The van der Waals surface area contributed by atoms with Crippen LogP contribution in [0.5, 0.6) is 0 Å². The van der Waals surface area contributed by atoms with E-state index in [4.69, 9.17) is 16.7 Å². The largest absolute Gasteiger partial charge is 0.392 e. The van der Waals surface area contributed by atoms with Crippen molar-refractivity contribution in [2.75, 3.05) is 19.6 Å². The van der Waals surface area contributed by atoms with E-state index >= 15 is 0 Å². The van der Waals surface area contributed by atoms with E-state index < -0.39 is 0 Å². The van der Waals surface area contributed by atoms with Gasteiger partial charge in [-0.1, -0.05) is 17.7 Å². The monoisotopic (exact) mass is 161 g/mol. The molecule has 0 aromatic rings. The van der Waals surface area contributed by atoms with Crippen molar-refractivity contribution < 1.29 is 5.11 Å². The molecule has 1 saturated heterocycles. The summed E-state index contributed by atoms with van der Waals surface area (Å²) in [5.74, 6) is 0. The number of hydrogen-bond acceptors (Lipinski definition) is 2. The maximum atomic E-state index is 9.10. The van der Waals surface area contributed by atoms with Gasteiger partial charge in [-0.3, -0.25) is 4.90 Å². The van der Waals surface area contributed by atoms with Crippen molar-refractivity contribution in [3.8, 4) is 0 Å². The second-order valence-electron chi connectivity index (χ2n) is 2.56. The van der Waals surface area contributed by atoms with Gasteiger partial charge in [0.05, 0.1) is 6.10 Å².